The number of aryl methyl sites for hydroxylation is 1. The Balaban J connectivity index is 3.06. The molecule has 110 valence electrons. The summed E-state index contributed by atoms with van der Waals surface area (Å²) in [6.45, 7) is 7.56. The van der Waals surface area contributed by atoms with E-state index in [1.54, 1.807) is 32.2 Å². The van der Waals surface area contributed by atoms with Crippen LogP contribution in [0.5, 0.6) is 5.75 Å². The van der Waals surface area contributed by atoms with E-state index in [2.05, 4.69) is 0 Å². The van der Waals surface area contributed by atoms with Crippen LogP contribution in [0.3, 0.4) is 0 Å². The lowest BCUT2D eigenvalue weighted by Crippen LogP contribution is -2.30. The summed E-state index contributed by atoms with van der Waals surface area (Å²) >= 11 is 0. The third-order valence-corrected chi connectivity index (χ3v) is 3.17. The zero-order valence-electron chi connectivity index (χ0n) is 12.7. The molecule has 1 aromatic carbocycles. The van der Waals surface area contributed by atoms with Crippen molar-refractivity contribution >= 4 is 11.8 Å². The maximum Gasteiger partial charge on any atom is 0.317 e. The van der Waals surface area contributed by atoms with E-state index in [1.807, 2.05) is 20.8 Å². The van der Waals surface area contributed by atoms with Crippen LogP contribution < -0.4 is 4.74 Å². The highest BCUT2D eigenvalue weighted by atomic mass is 16.5. The SMILES string of the molecule is CCOC(=O)C(C(=O)c1ccc(OC)c(C)c1)C(C)C. The summed E-state index contributed by atoms with van der Waals surface area (Å²) < 4.78 is 10.2. The molecule has 0 bridgehead atoms. The van der Waals surface area contributed by atoms with E-state index in [0.717, 1.165) is 11.3 Å². The van der Waals surface area contributed by atoms with Crippen molar-refractivity contribution in [3.63, 3.8) is 0 Å². The minimum Gasteiger partial charge on any atom is -0.496 e. The lowest BCUT2D eigenvalue weighted by atomic mass is 9.87. The molecule has 0 spiro atoms. The maximum absolute atomic E-state index is 12.5. The van der Waals surface area contributed by atoms with E-state index in [0.29, 0.717) is 5.56 Å². The summed E-state index contributed by atoms with van der Waals surface area (Å²) in [6, 6.07) is 5.17. The molecule has 0 heterocycles. The van der Waals surface area contributed by atoms with Crippen LogP contribution >= 0.6 is 0 Å². The number of ether oxygens (including phenoxy) is 2. The Morgan fingerprint density at radius 3 is 2.35 bits per heavy atom. The number of Topliss-reactive ketones (excluding diaryl/α,β-unsaturated/α-hetero) is 1. The molecule has 0 saturated heterocycles. The zero-order valence-corrected chi connectivity index (χ0v) is 12.7. The number of carbonyl (C=O) groups is 2. The molecular weight excluding hydrogens is 256 g/mol. The van der Waals surface area contributed by atoms with Gasteiger partial charge in [0, 0.05) is 5.56 Å². The number of hydrogen-bond acceptors (Lipinski definition) is 4. The van der Waals surface area contributed by atoms with E-state index >= 15 is 0 Å². The topological polar surface area (TPSA) is 52.6 Å². The Morgan fingerprint density at radius 2 is 1.90 bits per heavy atom. The molecule has 0 amide bonds. The minimum absolute atomic E-state index is 0.107. The summed E-state index contributed by atoms with van der Waals surface area (Å²) in [5.74, 6) is -0.810. The van der Waals surface area contributed by atoms with E-state index in [4.69, 9.17) is 9.47 Å². The Bertz CT molecular complexity index is 491. The minimum atomic E-state index is -0.761. The molecule has 4 heteroatoms. The van der Waals surface area contributed by atoms with Crippen LogP contribution in [0.15, 0.2) is 18.2 Å². The predicted molar refractivity (Wildman–Crippen MR) is 77.0 cm³/mol. The predicted octanol–water partition coefficient (Wildman–Crippen LogP) is 3.02. The highest BCUT2D eigenvalue weighted by Gasteiger charge is 2.32. The van der Waals surface area contributed by atoms with Crippen LogP contribution in [-0.2, 0) is 9.53 Å². The van der Waals surface area contributed by atoms with Crippen LogP contribution in [0, 0.1) is 18.8 Å². The highest BCUT2D eigenvalue weighted by molar-refractivity contribution is 6.09. The van der Waals surface area contributed by atoms with Gasteiger partial charge in [0.25, 0.3) is 0 Å². The molecule has 1 unspecified atom stereocenters. The smallest absolute Gasteiger partial charge is 0.317 e. The quantitative estimate of drug-likeness (QED) is 0.456. The van der Waals surface area contributed by atoms with Crippen LogP contribution in [0.1, 0.15) is 36.7 Å². The van der Waals surface area contributed by atoms with Crippen molar-refractivity contribution in [2.45, 2.75) is 27.7 Å². The molecule has 4 nitrogen and oxygen atoms in total. The summed E-state index contributed by atoms with van der Waals surface area (Å²) in [5.41, 5.74) is 1.37. The summed E-state index contributed by atoms with van der Waals surface area (Å²) in [5, 5.41) is 0. The summed E-state index contributed by atoms with van der Waals surface area (Å²) in [4.78, 5) is 24.5. The molecule has 0 N–H and O–H groups in total. The number of esters is 1. The molecule has 0 aliphatic heterocycles. The van der Waals surface area contributed by atoms with Crippen molar-refractivity contribution in [1.82, 2.24) is 0 Å². The van der Waals surface area contributed by atoms with Gasteiger partial charge in [-0.3, -0.25) is 9.59 Å². The van der Waals surface area contributed by atoms with Gasteiger partial charge in [0.2, 0.25) is 0 Å². The van der Waals surface area contributed by atoms with Gasteiger partial charge in [-0.1, -0.05) is 13.8 Å². The first-order valence-corrected chi connectivity index (χ1v) is 6.77. The standard InChI is InChI=1S/C16H22O4/c1-6-20-16(18)14(10(2)3)15(17)12-7-8-13(19-5)11(4)9-12/h7-10,14H,6H2,1-5H3. The molecule has 1 rings (SSSR count). The molecular formula is C16H22O4. The van der Waals surface area contributed by atoms with Crippen LogP contribution in [0.4, 0.5) is 0 Å². The van der Waals surface area contributed by atoms with Crippen molar-refractivity contribution in [2.75, 3.05) is 13.7 Å². The normalized spacial score (nSPS) is 12.1. The number of hydrogen-bond donors (Lipinski definition) is 0. The molecule has 0 fully saturated rings. The van der Waals surface area contributed by atoms with E-state index in [9.17, 15) is 9.59 Å². The second kappa shape index (κ2) is 7.08. The van der Waals surface area contributed by atoms with Crippen molar-refractivity contribution in [3.05, 3.63) is 29.3 Å². The molecule has 1 aromatic rings. The fraction of sp³-hybridized carbons (Fsp3) is 0.500. The lowest BCUT2D eigenvalue weighted by Gasteiger charge is -2.18. The molecule has 20 heavy (non-hydrogen) atoms. The second-order valence-corrected chi connectivity index (χ2v) is 5.02. The van der Waals surface area contributed by atoms with Gasteiger partial charge in [-0.15, -0.1) is 0 Å². The first-order chi connectivity index (χ1) is 9.42. The summed E-state index contributed by atoms with van der Waals surface area (Å²) in [6.07, 6.45) is 0. The van der Waals surface area contributed by atoms with Crippen molar-refractivity contribution in [1.29, 1.82) is 0 Å². The Hall–Kier alpha value is -1.84. The van der Waals surface area contributed by atoms with Gasteiger partial charge in [-0.25, -0.2) is 0 Å². The second-order valence-electron chi connectivity index (χ2n) is 5.02. The third-order valence-electron chi connectivity index (χ3n) is 3.17. The largest absolute Gasteiger partial charge is 0.496 e. The average Bonchev–Trinajstić information content (AvgIpc) is 2.38. The van der Waals surface area contributed by atoms with Gasteiger partial charge in [0.1, 0.15) is 11.7 Å². The van der Waals surface area contributed by atoms with Gasteiger partial charge < -0.3 is 9.47 Å². The van der Waals surface area contributed by atoms with Crippen molar-refractivity contribution in [2.24, 2.45) is 11.8 Å². The first-order valence-electron chi connectivity index (χ1n) is 6.77. The third kappa shape index (κ3) is 3.59. The molecule has 0 radical (unpaired) electrons. The fourth-order valence-electron chi connectivity index (χ4n) is 2.13. The molecule has 0 aromatic heterocycles. The molecule has 1 atom stereocenters. The number of ketones is 1. The Labute approximate surface area is 120 Å². The van der Waals surface area contributed by atoms with Crippen LogP contribution in [0.25, 0.3) is 0 Å². The monoisotopic (exact) mass is 278 g/mol. The molecule has 0 aliphatic carbocycles. The van der Waals surface area contributed by atoms with Gasteiger partial charge in [0.15, 0.2) is 5.78 Å². The van der Waals surface area contributed by atoms with Gasteiger partial charge in [-0.2, -0.15) is 0 Å². The van der Waals surface area contributed by atoms with Crippen molar-refractivity contribution in [3.8, 4) is 5.75 Å². The molecule has 0 aliphatic rings. The Morgan fingerprint density at radius 1 is 1.25 bits per heavy atom. The van der Waals surface area contributed by atoms with Crippen LogP contribution in [0.2, 0.25) is 0 Å². The van der Waals surface area contributed by atoms with E-state index in [1.165, 1.54) is 0 Å². The molecule has 0 saturated carbocycles. The summed E-state index contributed by atoms with van der Waals surface area (Å²) in [7, 11) is 1.58. The average molecular weight is 278 g/mol. The van der Waals surface area contributed by atoms with Crippen LogP contribution in [-0.4, -0.2) is 25.5 Å². The van der Waals surface area contributed by atoms with Gasteiger partial charge in [-0.05, 0) is 43.5 Å². The number of benzene rings is 1. The number of methoxy groups -OCH3 is 1. The maximum atomic E-state index is 12.5. The van der Waals surface area contributed by atoms with Crippen molar-refractivity contribution < 1.29 is 19.1 Å². The van der Waals surface area contributed by atoms with E-state index in [-0.39, 0.29) is 18.3 Å². The fourth-order valence-corrected chi connectivity index (χ4v) is 2.13. The van der Waals surface area contributed by atoms with Gasteiger partial charge >= 0.3 is 5.97 Å². The Kier molecular flexibility index (Phi) is 5.74. The number of rotatable bonds is 6. The highest BCUT2D eigenvalue weighted by Crippen LogP contribution is 2.23. The lowest BCUT2D eigenvalue weighted by molar-refractivity contribution is -0.147. The van der Waals surface area contributed by atoms with Gasteiger partial charge in [0.05, 0.1) is 13.7 Å². The number of carbonyl (C=O) groups excluding carboxylic acids is 2. The first kappa shape index (κ1) is 16.2. The zero-order chi connectivity index (χ0) is 15.3. The van der Waals surface area contributed by atoms with E-state index < -0.39 is 11.9 Å².